The number of hydrogen-bond acceptors (Lipinski definition) is 1. The minimum atomic E-state index is 0. The lowest BCUT2D eigenvalue weighted by atomic mass is 10.3. The average molecular weight is 313 g/mol. The van der Waals surface area contributed by atoms with Crippen molar-refractivity contribution >= 4 is 17.6 Å². The Bertz CT molecular complexity index is 631. The molecule has 3 heteroatoms. The van der Waals surface area contributed by atoms with Crippen LogP contribution in [0.25, 0.3) is 0 Å². The topological polar surface area (TPSA) is 6.25 Å². The Balaban J connectivity index is 0.00000242. The van der Waals surface area contributed by atoms with Crippen molar-refractivity contribution in [3.05, 3.63) is 85.1 Å². The molecule has 22 heavy (non-hydrogen) atoms. The van der Waals surface area contributed by atoms with Gasteiger partial charge in [0.15, 0.2) is 6.21 Å². The van der Waals surface area contributed by atoms with Gasteiger partial charge >= 0.3 is 0 Å². The monoisotopic (exact) mass is 312 g/mol. The van der Waals surface area contributed by atoms with E-state index in [0.29, 0.717) is 0 Å². The molecule has 0 saturated carbocycles. The molecule has 0 saturated heterocycles. The van der Waals surface area contributed by atoms with Crippen LogP contribution in [-0.2, 0) is 0 Å². The van der Waals surface area contributed by atoms with Gasteiger partial charge in [-0.05, 0) is 18.2 Å². The Morgan fingerprint density at radius 1 is 0.818 bits per heavy atom. The van der Waals surface area contributed by atoms with Gasteiger partial charge in [-0.25, -0.2) is 4.58 Å². The van der Waals surface area contributed by atoms with E-state index in [-0.39, 0.29) is 12.4 Å². The summed E-state index contributed by atoms with van der Waals surface area (Å²) >= 11 is 0. The van der Waals surface area contributed by atoms with Crippen molar-refractivity contribution in [1.29, 1.82) is 0 Å². The molecule has 0 bridgehead atoms. The molecular weight excluding hydrogens is 292 g/mol. The molecule has 114 valence electrons. The summed E-state index contributed by atoms with van der Waals surface area (Å²) in [5, 5.41) is 0. The number of hydrogen-bond donors (Lipinski definition) is 0. The minimum absolute atomic E-state index is 0. The molecule has 2 aromatic carbocycles. The van der Waals surface area contributed by atoms with E-state index in [1.165, 1.54) is 11.4 Å². The van der Waals surface area contributed by atoms with E-state index in [4.69, 9.17) is 0 Å². The van der Waals surface area contributed by atoms with Gasteiger partial charge in [-0.2, -0.15) is 0 Å². The molecule has 0 aromatic heterocycles. The van der Waals surface area contributed by atoms with Crippen molar-refractivity contribution in [2.24, 2.45) is 0 Å². The fourth-order valence-electron chi connectivity index (χ4n) is 1.92. The van der Waals surface area contributed by atoms with E-state index in [1.54, 1.807) is 0 Å². The van der Waals surface area contributed by atoms with Gasteiger partial charge in [-0.3, -0.25) is 0 Å². The first kappa shape index (κ1) is 17.7. The first-order chi connectivity index (χ1) is 10.3. The van der Waals surface area contributed by atoms with Crippen LogP contribution in [0.3, 0.4) is 0 Å². The maximum atomic E-state index is 2.09. The number of benzene rings is 2. The van der Waals surface area contributed by atoms with Crippen LogP contribution in [0, 0.1) is 0 Å². The van der Waals surface area contributed by atoms with Crippen molar-refractivity contribution in [2.45, 2.75) is 0 Å². The number of para-hydroxylation sites is 2. The summed E-state index contributed by atoms with van der Waals surface area (Å²) in [6.45, 7) is 0. The molecule has 0 fully saturated rings. The van der Waals surface area contributed by atoms with Crippen LogP contribution in [0.15, 0.2) is 85.1 Å². The highest BCUT2D eigenvalue weighted by Crippen LogP contribution is 2.11. The molecule has 0 aliphatic rings. The predicted molar refractivity (Wildman–Crippen MR) is 91.5 cm³/mol. The van der Waals surface area contributed by atoms with Crippen LogP contribution in [0.1, 0.15) is 0 Å². The third-order valence-electron chi connectivity index (χ3n) is 3.17. The smallest absolute Gasteiger partial charge is 0.204 e. The van der Waals surface area contributed by atoms with Gasteiger partial charge in [-0.1, -0.05) is 42.5 Å². The maximum absolute atomic E-state index is 2.09. The largest absolute Gasteiger partial charge is 1.00 e. The average Bonchev–Trinajstić information content (AvgIpc) is 2.55. The van der Waals surface area contributed by atoms with E-state index >= 15 is 0 Å². The van der Waals surface area contributed by atoms with Crippen molar-refractivity contribution in [3.8, 4) is 0 Å². The molecule has 0 heterocycles. The highest BCUT2D eigenvalue weighted by molar-refractivity contribution is 5.68. The lowest BCUT2D eigenvalue weighted by molar-refractivity contribution is -0.398. The molecule has 2 rings (SSSR count). The predicted octanol–water partition coefficient (Wildman–Crippen LogP) is 1.24. The quantitative estimate of drug-likeness (QED) is 0.457. The fraction of sp³-hybridized carbons (Fsp3) is 0.105. The van der Waals surface area contributed by atoms with E-state index in [0.717, 1.165) is 0 Å². The fourth-order valence-corrected chi connectivity index (χ4v) is 1.92. The second kappa shape index (κ2) is 9.59. The number of rotatable bonds is 5. The van der Waals surface area contributed by atoms with Crippen LogP contribution < -0.4 is 17.3 Å². The van der Waals surface area contributed by atoms with Gasteiger partial charge in [0.2, 0.25) is 5.69 Å². The van der Waals surface area contributed by atoms with E-state index in [9.17, 15) is 0 Å². The third-order valence-corrected chi connectivity index (χ3v) is 3.17. The minimum Gasteiger partial charge on any atom is -1.00 e. The summed E-state index contributed by atoms with van der Waals surface area (Å²) in [6, 6.07) is 20.6. The van der Waals surface area contributed by atoms with Crippen molar-refractivity contribution in [3.63, 3.8) is 0 Å². The zero-order chi connectivity index (χ0) is 14.9. The van der Waals surface area contributed by atoms with Gasteiger partial charge in [-0.15, -0.1) is 0 Å². The number of allylic oxidation sites excluding steroid dienone is 3. The second-order valence-corrected chi connectivity index (χ2v) is 4.77. The first-order valence-corrected chi connectivity index (χ1v) is 7.01. The lowest BCUT2D eigenvalue weighted by Crippen LogP contribution is -3.00. The molecule has 0 atom stereocenters. The van der Waals surface area contributed by atoms with Gasteiger partial charge in [0.25, 0.3) is 0 Å². The van der Waals surface area contributed by atoms with Gasteiger partial charge in [0.1, 0.15) is 7.05 Å². The molecule has 0 aliphatic heterocycles. The molecule has 2 aromatic rings. The van der Waals surface area contributed by atoms with Crippen LogP contribution in [-0.4, -0.2) is 24.9 Å². The Hall–Kier alpha value is -2.32. The third kappa shape index (κ3) is 5.58. The van der Waals surface area contributed by atoms with Crippen molar-refractivity contribution < 1.29 is 17.0 Å². The van der Waals surface area contributed by atoms with Crippen molar-refractivity contribution in [1.82, 2.24) is 0 Å². The maximum Gasteiger partial charge on any atom is 0.204 e. The second-order valence-electron chi connectivity index (χ2n) is 4.77. The lowest BCUT2D eigenvalue weighted by Gasteiger charge is -2.12. The highest BCUT2D eigenvalue weighted by Gasteiger charge is 1.97. The SMILES string of the molecule is CN(/C=C/C=C/C=[N+](C)c1ccccc1)c1ccccc1.[Cl-]. The summed E-state index contributed by atoms with van der Waals surface area (Å²) in [5.41, 5.74) is 2.35. The molecule has 0 N–H and O–H groups in total. The van der Waals surface area contributed by atoms with Crippen LogP contribution in [0.2, 0.25) is 0 Å². The molecule has 2 nitrogen and oxygen atoms in total. The summed E-state index contributed by atoms with van der Waals surface area (Å²) in [4.78, 5) is 2.09. The summed E-state index contributed by atoms with van der Waals surface area (Å²) in [6.07, 6.45) is 10.2. The standard InChI is InChI=1S/C19H21N2.ClH/c1-20(18-12-6-3-7-13-18)16-10-5-11-17-21(2)19-14-8-4-9-15-19;/h3-17H,1-2H3;1H/q+1;/p-1. The summed E-state index contributed by atoms with van der Waals surface area (Å²) in [5.74, 6) is 0. The molecule has 0 radical (unpaired) electrons. The highest BCUT2D eigenvalue weighted by atomic mass is 35.5. The van der Waals surface area contributed by atoms with Gasteiger partial charge in [0.05, 0.1) is 0 Å². The zero-order valence-corrected chi connectivity index (χ0v) is 13.7. The van der Waals surface area contributed by atoms with Crippen LogP contribution in [0.5, 0.6) is 0 Å². The molecule has 0 unspecified atom stereocenters. The number of nitrogens with zero attached hydrogens (tertiary/aromatic N) is 2. The summed E-state index contributed by atoms with van der Waals surface area (Å²) < 4.78 is 2.09. The Morgan fingerprint density at radius 2 is 1.41 bits per heavy atom. The van der Waals surface area contributed by atoms with Crippen LogP contribution >= 0.6 is 0 Å². The van der Waals surface area contributed by atoms with E-state index < -0.39 is 0 Å². The Morgan fingerprint density at radius 3 is 2.05 bits per heavy atom. The number of halogens is 1. The molecule has 0 aliphatic carbocycles. The van der Waals surface area contributed by atoms with Crippen LogP contribution in [0.4, 0.5) is 11.4 Å². The normalized spacial score (nSPS) is 11.6. The number of anilines is 1. The van der Waals surface area contributed by atoms with E-state index in [1.807, 2.05) is 81.1 Å². The Labute approximate surface area is 139 Å². The molecular formula is C19H21ClN2. The van der Waals surface area contributed by atoms with Gasteiger partial charge in [0, 0.05) is 37.1 Å². The molecule has 0 spiro atoms. The van der Waals surface area contributed by atoms with Crippen molar-refractivity contribution in [2.75, 3.05) is 19.0 Å². The summed E-state index contributed by atoms with van der Waals surface area (Å²) in [7, 11) is 4.08. The zero-order valence-electron chi connectivity index (χ0n) is 12.9. The molecule has 0 amide bonds. The van der Waals surface area contributed by atoms with E-state index in [2.05, 4.69) is 33.7 Å². The first-order valence-electron chi connectivity index (χ1n) is 7.01. The Kier molecular flexibility index (Phi) is 7.73. The van der Waals surface area contributed by atoms with Gasteiger partial charge < -0.3 is 17.3 Å².